The lowest BCUT2D eigenvalue weighted by atomic mass is 9.89. The zero-order chi connectivity index (χ0) is 9.97. The zero-order valence-electron chi connectivity index (χ0n) is 8.15. The lowest BCUT2D eigenvalue weighted by Crippen LogP contribution is -2.24. The molecular formula is C10H16O3S. The number of carbonyl (C=O) groups excluding carboxylic acids is 1. The Kier molecular flexibility index (Phi) is 3.34. The molecule has 0 bridgehead atoms. The summed E-state index contributed by atoms with van der Waals surface area (Å²) < 4.78 is 10.5. The van der Waals surface area contributed by atoms with Gasteiger partial charge < -0.3 is 9.47 Å². The molecule has 2 rings (SSSR count). The lowest BCUT2D eigenvalue weighted by molar-refractivity contribution is -0.149. The van der Waals surface area contributed by atoms with E-state index in [1.165, 1.54) is 0 Å². The highest BCUT2D eigenvalue weighted by molar-refractivity contribution is 7.80. The van der Waals surface area contributed by atoms with Gasteiger partial charge in [0.1, 0.15) is 0 Å². The molecule has 0 amide bonds. The lowest BCUT2D eigenvalue weighted by Gasteiger charge is -2.17. The van der Waals surface area contributed by atoms with Crippen LogP contribution in [0.25, 0.3) is 0 Å². The third kappa shape index (κ3) is 2.42. The fraction of sp³-hybridized carbons (Fsp3) is 0.900. The zero-order valence-corrected chi connectivity index (χ0v) is 9.04. The van der Waals surface area contributed by atoms with Crippen molar-refractivity contribution in [1.82, 2.24) is 0 Å². The molecule has 1 aliphatic heterocycles. The Balaban J connectivity index is 1.68. The average Bonchev–Trinajstić information content (AvgIpc) is 2.95. The first-order valence-electron chi connectivity index (χ1n) is 5.24. The van der Waals surface area contributed by atoms with E-state index in [-0.39, 0.29) is 11.9 Å². The Morgan fingerprint density at radius 1 is 1.43 bits per heavy atom. The van der Waals surface area contributed by atoms with Crippen molar-refractivity contribution in [3.8, 4) is 0 Å². The van der Waals surface area contributed by atoms with Gasteiger partial charge in [0.15, 0.2) is 0 Å². The van der Waals surface area contributed by atoms with Crippen LogP contribution in [0, 0.1) is 5.92 Å². The summed E-state index contributed by atoms with van der Waals surface area (Å²) in [6, 6.07) is 0. The van der Waals surface area contributed by atoms with Crippen LogP contribution in [-0.4, -0.2) is 30.5 Å². The molecule has 1 heterocycles. The highest BCUT2D eigenvalue weighted by atomic mass is 32.1. The summed E-state index contributed by atoms with van der Waals surface area (Å²) in [4.78, 5) is 11.5. The maximum atomic E-state index is 11.5. The van der Waals surface area contributed by atoms with Crippen LogP contribution < -0.4 is 0 Å². The second-order valence-corrected chi connectivity index (χ2v) is 4.41. The van der Waals surface area contributed by atoms with Gasteiger partial charge in [-0.05, 0) is 31.4 Å². The van der Waals surface area contributed by atoms with E-state index in [1.807, 2.05) is 0 Å². The van der Waals surface area contributed by atoms with Crippen LogP contribution >= 0.6 is 12.6 Å². The smallest absolute Gasteiger partial charge is 0.309 e. The molecule has 3 nitrogen and oxygen atoms in total. The van der Waals surface area contributed by atoms with Gasteiger partial charge in [0, 0.05) is 0 Å². The highest BCUT2D eigenvalue weighted by Gasteiger charge is 2.46. The summed E-state index contributed by atoms with van der Waals surface area (Å²) in [5, 5.41) is 0. The van der Waals surface area contributed by atoms with E-state index in [0.29, 0.717) is 18.8 Å². The first-order valence-corrected chi connectivity index (χ1v) is 5.87. The normalized spacial score (nSPS) is 34.8. The minimum absolute atomic E-state index is 0.0410. The molecule has 1 saturated carbocycles. The molecule has 0 spiro atoms. The first kappa shape index (κ1) is 10.3. The van der Waals surface area contributed by atoms with E-state index >= 15 is 0 Å². The summed E-state index contributed by atoms with van der Waals surface area (Å²) in [6.07, 6.45) is 4.47. The van der Waals surface area contributed by atoms with Gasteiger partial charge in [-0.3, -0.25) is 4.79 Å². The second kappa shape index (κ2) is 4.53. The Labute approximate surface area is 89.6 Å². The van der Waals surface area contributed by atoms with Crippen molar-refractivity contribution >= 4 is 18.6 Å². The molecular weight excluding hydrogens is 200 g/mol. The van der Waals surface area contributed by atoms with Crippen LogP contribution in [-0.2, 0) is 14.3 Å². The SMILES string of the molecule is O=C(OCCCS)C1CCC2OC2C1. The van der Waals surface area contributed by atoms with Crippen LogP contribution in [0.4, 0.5) is 0 Å². The third-order valence-electron chi connectivity index (χ3n) is 2.88. The van der Waals surface area contributed by atoms with Crippen LogP contribution in [0.1, 0.15) is 25.7 Å². The number of hydrogen-bond donors (Lipinski definition) is 1. The fourth-order valence-electron chi connectivity index (χ4n) is 1.97. The second-order valence-electron chi connectivity index (χ2n) is 3.97. The Morgan fingerprint density at radius 2 is 2.29 bits per heavy atom. The van der Waals surface area contributed by atoms with Crippen LogP contribution in [0.3, 0.4) is 0 Å². The Hall–Kier alpha value is -0.220. The van der Waals surface area contributed by atoms with E-state index in [1.54, 1.807) is 0 Å². The summed E-state index contributed by atoms with van der Waals surface area (Å²) >= 11 is 4.06. The maximum Gasteiger partial charge on any atom is 0.309 e. The number of ether oxygens (including phenoxy) is 2. The van der Waals surface area contributed by atoms with E-state index in [2.05, 4.69) is 12.6 Å². The monoisotopic (exact) mass is 216 g/mol. The topological polar surface area (TPSA) is 38.8 Å². The average molecular weight is 216 g/mol. The van der Waals surface area contributed by atoms with Gasteiger partial charge >= 0.3 is 5.97 Å². The maximum absolute atomic E-state index is 11.5. The van der Waals surface area contributed by atoms with Crippen molar-refractivity contribution < 1.29 is 14.3 Å². The number of esters is 1. The molecule has 80 valence electrons. The molecule has 0 aromatic heterocycles. The van der Waals surface area contributed by atoms with E-state index < -0.39 is 0 Å². The van der Waals surface area contributed by atoms with Gasteiger partial charge in [-0.1, -0.05) is 0 Å². The number of epoxide rings is 1. The van der Waals surface area contributed by atoms with Crippen molar-refractivity contribution in [3.05, 3.63) is 0 Å². The quantitative estimate of drug-likeness (QED) is 0.334. The fourth-order valence-corrected chi connectivity index (χ4v) is 2.10. The summed E-state index contributed by atoms with van der Waals surface area (Å²) in [7, 11) is 0. The molecule has 2 aliphatic rings. The number of thiol groups is 1. The predicted octanol–water partition coefficient (Wildman–Crippen LogP) is 1.42. The molecule has 1 aliphatic carbocycles. The van der Waals surface area contributed by atoms with Crippen LogP contribution in [0.2, 0.25) is 0 Å². The molecule has 4 heteroatoms. The molecule has 0 aromatic rings. The molecule has 3 atom stereocenters. The summed E-state index contributed by atoms with van der Waals surface area (Å²) in [6.45, 7) is 0.508. The van der Waals surface area contributed by atoms with Crippen LogP contribution in [0.15, 0.2) is 0 Å². The summed E-state index contributed by atoms with van der Waals surface area (Å²) in [5.74, 6) is 0.811. The number of hydrogen-bond acceptors (Lipinski definition) is 4. The first-order chi connectivity index (χ1) is 6.81. The minimum Gasteiger partial charge on any atom is -0.465 e. The van der Waals surface area contributed by atoms with Crippen LogP contribution in [0.5, 0.6) is 0 Å². The standard InChI is InChI=1S/C10H16O3S/c11-10(12-4-1-5-14)7-2-3-8-9(6-7)13-8/h7-9,14H,1-6H2. The van der Waals surface area contributed by atoms with Crippen molar-refractivity contribution in [2.24, 2.45) is 5.92 Å². The third-order valence-corrected chi connectivity index (χ3v) is 3.20. The van der Waals surface area contributed by atoms with Gasteiger partial charge in [0.2, 0.25) is 0 Å². The van der Waals surface area contributed by atoms with Gasteiger partial charge in [-0.15, -0.1) is 0 Å². The largest absolute Gasteiger partial charge is 0.465 e. The molecule has 0 radical (unpaired) electrons. The Bertz CT molecular complexity index is 219. The van der Waals surface area contributed by atoms with Crippen molar-refractivity contribution in [2.45, 2.75) is 37.9 Å². The highest BCUT2D eigenvalue weighted by Crippen LogP contribution is 2.39. The van der Waals surface area contributed by atoms with Crippen molar-refractivity contribution in [1.29, 1.82) is 0 Å². The van der Waals surface area contributed by atoms with Gasteiger partial charge in [0.25, 0.3) is 0 Å². The van der Waals surface area contributed by atoms with Crippen molar-refractivity contribution in [2.75, 3.05) is 12.4 Å². The molecule has 0 N–H and O–H groups in total. The van der Waals surface area contributed by atoms with E-state index in [4.69, 9.17) is 9.47 Å². The predicted molar refractivity (Wildman–Crippen MR) is 55.4 cm³/mol. The number of carbonyl (C=O) groups is 1. The summed E-state index contributed by atoms with van der Waals surface area (Å²) in [5.41, 5.74) is 0. The molecule has 3 unspecified atom stereocenters. The Morgan fingerprint density at radius 3 is 3.00 bits per heavy atom. The molecule has 0 aromatic carbocycles. The molecule has 2 fully saturated rings. The molecule has 14 heavy (non-hydrogen) atoms. The molecule has 1 saturated heterocycles. The van der Waals surface area contributed by atoms with E-state index in [9.17, 15) is 4.79 Å². The van der Waals surface area contributed by atoms with Gasteiger partial charge in [0.05, 0.1) is 24.7 Å². The van der Waals surface area contributed by atoms with Gasteiger partial charge in [-0.2, -0.15) is 12.6 Å². The number of fused-ring (bicyclic) bond motifs is 1. The van der Waals surface area contributed by atoms with Gasteiger partial charge in [-0.25, -0.2) is 0 Å². The van der Waals surface area contributed by atoms with Crippen molar-refractivity contribution in [3.63, 3.8) is 0 Å². The van der Waals surface area contributed by atoms with E-state index in [0.717, 1.165) is 31.4 Å². The minimum atomic E-state index is -0.0410. The number of rotatable bonds is 4.